The van der Waals surface area contributed by atoms with E-state index in [0.717, 1.165) is 17.2 Å². The predicted molar refractivity (Wildman–Crippen MR) is 111 cm³/mol. The fourth-order valence-corrected chi connectivity index (χ4v) is 4.40. The predicted octanol–water partition coefficient (Wildman–Crippen LogP) is 3.51. The van der Waals surface area contributed by atoms with Gasteiger partial charge in [0.25, 0.3) is 5.91 Å². The van der Waals surface area contributed by atoms with Crippen molar-refractivity contribution < 1.29 is 9.59 Å². The molecule has 1 fully saturated rings. The van der Waals surface area contributed by atoms with Gasteiger partial charge in [-0.2, -0.15) is 0 Å². The van der Waals surface area contributed by atoms with Crippen LogP contribution in [0.1, 0.15) is 28.2 Å². The number of carbonyl (C=O) groups is 2. The van der Waals surface area contributed by atoms with Crippen LogP contribution in [0.15, 0.2) is 54.0 Å². The molecule has 0 bridgehead atoms. The summed E-state index contributed by atoms with van der Waals surface area (Å²) in [7, 11) is 0. The second-order valence-electron chi connectivity index (χ2n) is 7.07. The minimum atomic E-state index is -0.0478. The number of nitrogens with zero attached hydrogens (tertiary/aromatic N) is 2. The summed E-state index contributed by atoms with van der Waals surface area (Å²) >= 11 is 1.71. The molecule has 0 radical (unpaired) electrons. The van der Waals surface area contributed by atoms with Gasteiger partial charge in [0, 0.05) is 42.0 Å². The normalized spacial score (nSPS) is 14.9. The SMILES string of the molecule is O=C(NCCc1cccs1)C1CCN(C(=O)c2nccc3ccccc23)CC1. The van der Waals surface area contributed by atoms with Crippen molar-refractivity contribution >= 4 is 33.9 Å². The van der Waals surface area contributed by atoms with Crippen LogP contribution in [0.2, 0.25) is 0 Å². The third kappa shape index (κ3) is 4.07. The Morgan fingerprint density at radius 3 is 2.71 bits per heavy atom. The summed E-state index contributed by atoms with van der Waals surface area (Å²) in [6.07, 6.45) is 3.94. The molecule has 0 aliphatic carbocycles. The van der Waals surface area contributed by atoms with Gasteiger partial charge >= 0.3 is 0 Å². The summed E-state index contributed by atoms with van der Waals surface area (Å²) in [6, 6.07) is 13.8. The van der Waals surface area contributed by atoms with Crippen molar-refractivity contribution in [1.82, 2.24) is 15.2 Å². The van der Waals surface area contributed by atoms with E-state index < -0.39 is 0 Å². The average molecular weight is 394 g/mol. The van der Waals surface area contributed by atoms with E-state index >= 15 is 0 Å². The van der Waals surface area contributed by atoms with Gasteiger partial charge in [0.2, 0.25) is 5.91 Å². The van der Waals surface area contributed by atoms with Gasteiger partial charge in [-0.3, -0.25) is 14.6 Å². The first-order valence-electron chi connectivity index (χ1n) is 9.65. The lowest BCUT2D eigenvalue weighted by molar-refractivity contribution is -0.126. The molecule has 2 aromatic heterocycles. The van der Waals surface area contributed by atoms with Crippen molar-refractivity contribution in [2.24, 2.45) is 5.92 Å². The van der Waals surface area contributed by atoms with E-state index in [1.807, 2.05) is 41.3 Å². The molecule has 1 aromatic carbocycles. The number of carbonyl (C=O) groups excluding carboxylic acids is 2. The number of amides is 2. The number of thiophene rings is 1. The van der Waals surface area contributed by atoms with E-state index in [4.69, 9.17) is 0 Å². The number of aromatic nitrogens is 1. The van der Waals surface area contributed by atoms with Gasteiger partial charge in [0.1, 0.15) is 5.69 Å². The fraction of sp³-hybridized carbons (Fsp3) is 0.318. The summed E-state index contributed by atoms with van der Waals surface area (Å²) in [5, 5.41) is 6.99. The summed E-state index contributed by atoms with van der Waals surface area (Å²) < 4.78 is 0. The molecular formula is C22H23N3O2S. The Labute approximate surface area is 168 Å². The highest BCUT2D eigenvalue weighted by Crippen LogP contribution is 2.22. The Morgan fingerprint density at radius 2 is 1.93 bits per heavy atom. The molecule has 0 spiro atoms. The first kappa shape index (κ1) is 18.6. The zero-order valence-electron chi connectivity index (χ0n) is 15.6. The topological polar surface area (TPSA) is 62.3 Å². The summed E-state index contributed by atoms with van der Waals surface area (Å²) in [6.45, 7) is 1.85. The van der Waals surface area contributed by atoms with Crippen molar-refractivity contribution in [1.29, 1.82) is 0 Å². The third-order valence-electron chi connectivity index (χ3n) is 5.28. The maximum atomic E-state index is 13.0. The Kier molecular flexibility index (Phi) is 5.67. The molecule has 3 heterocycles. The van der Waals surface area contributed by atoms with E-state index in [2.05, 4.69) is 21.7 Å². The molecule has 1 aliphatic heterocycles. The summed E-state index contributed by atoms with van der Waals surface area (Å²) in [5.74, 6) is 0.0353. The molecule has 1 saturated heterocycles. The molecule has 3 aromatic rings. The molecule has 5 nitrogen and oxygen atoms in total. The zero-order chi connectivity index (χ0) is 19.3. The van der Waals surface area contributed by atoms with E-state index in [9.17, 15) is 9.59 Å². The number of piperidine rings is 1. The smallest absolute Gasteiger partial charge is 0.273 e. The molecule has 0 unspecified atom stereocenters. The largest absolute Gasteiger partial charge is 0.355 e. The van der Waals surface area contributed by atoms with E-state index in [-0.39, 0.29) is 17.7 Å². The molecule has 0 atom stereocenters. The van der Waals surface area contributed by atoms with Crippen LogP contribution in [0.5, 0.6) is 0 Å². The summed E-state index contributed by atoms with van der Waals surface area (Å²) in [4.78, 5) is 32.8. The number of benzene rings is 1. The number of pyridine rings is 1. The van der Waals surface area contributed by atoms with E-state index in [0.29, 0.717) is 38.2 Å². The second kappa shape index (κ2) is 8.52. The second-order valence-corrected chi connectivity index (χ2v) is 8.10. The van der Waals surface area contributed by atoms with Gasteiger partial charge in [-0.05, 0) is 42.2 Å². The van der Waals surface area contributed by atoms with Gasteiger partial charge in [-0.15, -0.1) is 11.3 Å². The van der Waals surface area contributed by atoms with Crippen molar-refractivity contribution in [2.45, 2.75) is 19.3 Å². The fourth-order valence-electron chi connectivity index (χ4n) is 3.69. The van der Waals surface area contributed by atoms with Crippen LogP contribution in [-0.2, 0) is 11.2 Å². The van der Waals surface area contributed by atoms with E-state index in [1.54, 1.807) is 17.5 Å². The van der Waals surface area contributed by atoms with Crippen LogP contribution >= 0.6 is 11.3 Å². The van der Waals surface area contributed by atoms with Crippen LogP contribution in [-0.4, -0.2) is 41.3 Å². The summed E-state index contributed by atoms with van der Waals surface area (Å²) in [5.41, 5.74) is 0.497. The van der Waals surface area contributed by atoms with E-state index in [1.165, 1.54) is 4.88 Å². The number of nitrogens with one attached hydrogen (secondary N) is 1. The lowest BCUT2D eigenvalue weighted by Gasteiger charge is -2.31. The van der Waals surface area contributed by atoms with Crippen molar-refractivity contribution in [3.05, 3.63) is 64.6 Å². The first-order valence-corrected chi connectivity index (χ1v) is 10.5. The minimum absolute atomic E-state index is 0.0205. The molecular weight excluding hydrogens is 370 g/mol. The van der Waals surface area contributed by atoms with Crippen molar-refractivity contribution in [3.63, 3.8) is 0 Å². The van der Waals surface area contributed by atoms with Crippen LogP contribution in [0.3, 0.4) is 0 Å². The van der Waals surface area contributed by atoms with Crippen LogP contribution in [0.25, 0.3) is 10.8 Å². The third-order valence-corrected chi connectivity index (χ3v) is 6.22. The number of fused-ring (bicyclic) bond motifs is 1. The molecule has 144 valence electrons. The highest BCUT2D eigenvalue weighted by molar-refractivity contribution is 7.09. The van der Waals surface area contributed by atoms with Crippen molar-refractivity contribution in [3.8, 4) is 0 Å². The Bertz CT molecular complexity index is 958. The number of rotatable bonds is 5. The van der Waals surface area contributed by atoms with Crippen molar-refractivity contribution in [2.75, 3.05) is 19.6 Å². The zero-order valence-corrected chi connectivity index (χ0v) is 16.5. The number of hydrogen-bond acceptors (Lipinski definition) is 4. The quantitative estimate of drug-likeness (QED) is 0.722. The maximum absolute atomic E-state index is 13.0. The molecule has 4 rings (SSSR count). The van der Waals surface area contributed by atoms with Gasteiger partial charge in [0.15, 0.2) is 0 Å². The minimum Gasteiger partial charge on any atom is -0.355 e. The Morgan fingerprint density at radius 1 is 1.11 bits per heavy atom. The molecule has 1 aliphatic rings. The Balaban J connectivity index is 1.32. The Hall–Kier alpha value is -2.73. The van der Waals surface area contributed by atoms with Crippen LogP contribution in [0.4, 0.5) is 0 Å². The van der Waals surface area contributed by atoms with Gasteiger partial charge in [0.05, 0.1) is 0 Å². The number of hydrogen-bond donors (Lipinski definition) is 1. The average Bonchev–Trinajstić information content (AvgIpc) is 3.26. The van der Waals surface area contributed by atoms with Crippen LogP contribution in [0, 0.1) is 5.92 Å². The molecule has 0 saturated carbocycles. The van der Waals surface area contributed by atoms with Crippen LogP contribution < -0.4 is 5.32 Å². The maximum Gasteiger partial charge on any atom is 0.273 e. The molecule has 28 heavy (non-hydrogen) atoms. The standard InChI is InChI=1S/C22H23N3O2S/c26-21(24-12-8-18-5-3-15-28-18)17-9-13-25(14-10-17)22(27)20-19-6-2-1-4-16(19)7-11-23-20/h1-7,11,15,17H,8-10,12-14H2,(H,24,26). The van der Waals surface area contributed by atoms with Gasteiger partial charge in [-0.1, -0.05) is 30.3 Å². The molecule has 2 amide bonds. The van der Waals surface area contributed by atoms with Gasteiger partial charge < -0.3 is 10.2 Å². The number of likely N-dealkylation sites (tertiary alicyclic amines) is 1. The molecule has 1 N–H and O–H groups in total. The monoisotopic (exact) mass is 393 g/mol. The highest BCUT2D eigenvalue weighted by atomic mass is 32.1. The highest BCUT2D eigenvalue weighted by Gasteiger charge is 2.28. The first-order chi connectivity index (χ1) is 13.7. The van der Waals surface area contributed by atoms with Gasteiger partial charge in [-0.25, -0.2) is 0 Å². The lowest BCUT2D eigenvalue weighted by Crippen LogP contribution is -2.43. The molecule has 6 heteroatoms. The lowest BCUT2D eigenvalue weighted by atomic mass is 9.95.